The number of hydrogen-bond donors (Lipinski definition) is 2. The van der Waals surface area contributed by atoms with Gasteiger partial charge in [0, 0.05) is 11.4 Å². The van der Waals surface area contributed by atoms with Crippen molar-refractivity contribution in [3.8, 4) is 11.4 Å². The van der Waals surface area contributed by atoms with Crippen LogP contribution in [0, 0.1) is 0 Å². The van der Waals surface area contributed by atoms with Gasteiger partial charge in [-0.25, -0.2) is 16.8 Å². The molecule has 0 radical (unpaired) electrons. The van der Waals surface area contributed by atoms with Crippen molar-refractivity contribution in [1.82, 2.24) is 9.97 Å². The van der Waals surface area contributed by atoms with Gasteiger partial charge in [0.15, 0.2) is 0 Å². The number of aromatic nitrogens is 2. The molecular formula is C32H38N4Na2O6S2. The van der Waals surface area contributed by atoms with Gasteiger partial charge in [-0.3, -0.25) is 9.98 Å². The number of nitrogens with one attached hydrogen (secondary N) is 2. The molecule has 3 aliphatic rings. The van der Waals surface area contributed by atoms with Crippen LogP contribution in [0.15, 0.2) is 55.2 Å². The normalized spacial score (nSPS) is 19.7. The van der Waals surface area contributed by atoms with E-state index in [1.54, 1.807) is 24.3 Å². The van der Waals surface area contributed by atoms with Gasteiger partial charge < -0.3 is 19.1 Å². The van der Waals surface area contributed by atoms with Crippen molar-refractivity contribution in [2.75, 3.05) is 0 Å². The molecule has 2 atom stereocenters. The predicted octanol–water partition coefficient (Wildman–Crippen LogP) is -0.161. The third-order valence-corrected chi connectivity index (χ3v) is 10.1. The predicted molar refractivity (Wildman–Crippen MR) is 172 cm³/mol. The molecule has 46 heavy (non-hydrogen) atoms. The summed E-state index contributed by atoms with van der Waals surface area (Å²) in [6, 6.07) is 0.165. The van der Waals surface area contributed by atoms with Gasteiger partial charge in [-0.15, -0.1) is 0 Å². The van der Waals surface area contributed by atoms with Crippen molar-refractivity contribution in [2.24, 2.45) is 9.98 Å². The molecule has 3 aliphatic heterocycles. The quantitative estimate of drug-likeness (QED) is 0.260. The summed E-state index contributed by atoms with van der Waals surface area (Å²) in [5, 5.41) is 0. The Morgan fingerprint density at radius 1 is 0.739 bits per heavy atom. The molecule has 14 heteroatoms. The van der Waals surface area contributed by atoms with E-state index in [2.05, 4.69) is 9.97 Å². The standard InChI is InChI=1S/C32H40N4O6S2.2Na/c1-5-9-19-17-27-29-31(43(37,38)39)22(12-8-4)26(35-29)16-14-24-20(10-6-2)18-28(34-24)30-32(44(40,41)42)21(11-7-3)25(36-30)15-13-23(19)33-27;;/h13-18,27,29,34,36H,5-12H2,1-4H3,(H,37,38,39)(H,40,41,42);;/q;2*+1/p-2/b15-13?,16-14-;;. The minimum Gasteiger partial charge on any atom is -0.744 e. The average Bonchev–Trinajstić information content (AvgIpc) is 3.70. The van der Waals surface area contributed by atoms with Gasteiger partial charge >= 0.3 is 59.1 Å². The minimum atomic E-state index is -4.85. The Labute approximate surface area is 316 Å². The molecule has 0 amide bonds. The summed E-state index contributed by atoms with van der Waals surface area (Å²) in [5.74, 6) is 0. The van der Waals surface area contributed by atoms with Crippen LogP contribution in [0.4, 0.5) is 0 Å². The van der Waals surface area contributed by atoms with Gasteiger partial charge in [0.2, 0.25) is 0 Å². The summed E-state index contributed by atoms with van der Waals surface area (Å²) in [5.41, 5.74) is 5.42. The zero-order chi connectivity index (χ0) is 31.8. The molecule has 2 aromatic heterocycles. The molecule has 0 aliphatic carbocycles. The molecule has 2 N–H and O–H groups in total. The maximum absolute atomic E-state index is 12.7. The van der Waals surface area contributed by atoms with Crippen molar-refractivity contribution in [3.63, 3.8) is 0 Å². The monoisotopic (exact) mass is 684 g/mol. The third-order valence-electron chi connectivity index (χ3n) is 8.13. The van der Waals surface area contributed by atoms with Crippen LogP contribution in [0.1, 0.15) is 88.7 Å². The molecule has 0 fully saturated rings. The fraction of sp³-hybridized carbons (Fsp3) is 0.438. The minimum absolute atomic E-state index is 0. The van der Waals surface area contributed by atoms with E-state index in [0.717, 1.165) is 24.0 Å². The average molecular weight is 685 g/mol. The van der Waals surface area contributed by atoms with Crippen LogP contribution in [-0.4, -0.2) is 59.4 Å². The first-order valence-electron chi connectivity index (χ1n) is 15.3. The number of rotatable bonds is 10. The van der Waals surface area contributed by atoms with Gasteiger partial charge in [0.1, 0.15) is 26.3 Å². The Morgan fingerprint density at radius 3 is 1.98 bits per heavy atom. The van der Waals surface area contributed by atoms with Crippen molar-refractivity contribution < 1.29 is 85.1 Å². The molecule has 0 saturated heterocycles. The van der Waals surface area contributed by atoms with Crippen LogP contribution >= 0.6 is 0 Å². The molecule has 0 saturated carbocycles. The number of fused-ring (bicyclic) bond motifs is 8. The summed E-state index contributed by atoms with van der Waals surface area (Å²) in [6.45, 7) is 7.88. The van der Waals surface area contributed by atoms with Crippen molar-refractivity contribution in [2.45, 2.75) is 96.0 Å². The van der Waals surface area contributed by atoms with E-state index in [0.29, 0.717) is 78.2 Å². The third kappa shape index (κ3) is 7.93. The van der Waals surface area contributed by atoms with Crippen molar-refractivity contribution in [1.29, 1.82) is 0 Å². The van der Waals surface area contributed by atoms with E-state index in [-0.39, 0.29) is 74.6 Å². The van der Waals surface area contributed by atoms with Crippen LogP contribution in [0.2, 0.25) is 0 Å². The van der Waals surface area contributed by atoms with Gasteiger partial charge in [-0.05, 0) is 78.3 Å². The summed E-state index contributed by atoms with van der Waals surface area (Å²) in [7, 11) is -9.69. The number of nitrogens with zero attached hydrogens (tertiary/aromatic N) is 2. The summed E-state index contributed by atoms with van der Waals surface area (Å²) in [4.78, 5) is 15.7. The van der Waals surface area contributed by atoms with Gasteiger partial charge in [0.25, 0.3) is 0 Å². The maximum atomic E-state index is 12.7. The Hall–Kier alpha value is -1.32. The molecule has 0 aromatic carbocycles. The first-order chi connectivity index (χ1) is 20.9. The van der Waals surface area contributed by atoms with E-state index in [9.17, 15) is 25.9 Å². The fourth-order valence-electron chi connectivity index (χ4n) is 6.37. The summed E-state index contributed by atoms with van der Waals surface area (Å²) in [6.07, 6.45) is 13.7. The number of aliphatic imine (C=N–C) groups is 2. The van der Waals surface area contributed by atoms with Crippen LogP contribution in [-0.2, 0) is 33.1 Å². The van der Waals surface area contributed by atoms with Crippen LogP contribution in [0.3, 0.4) is 0 Å². The number of allylic oxidation sites excluding steroid dienone is 4. The van der Waals surface area contributed by atoms with E-state index >= 15 is 0 Å². The van der Waals surface area contributed by atoms with E-state index < -0.39 is 32.3 Å². The summed E-state index contributed by atoms with van der Waals surface area (Å²) >= 11 is 0. The SMILES string of the molecule is CCCC1=CC2N=C1C=Cc1[nH]c(c(S(=O)(=O)[O-])c1CCC)-c1cc(CCC)c([nH]1)/C=C\C1=NC2C(S(=O)(=O)[O-])=C1CCC.[Na+].[Na+]. The Balaban J connectivity index is 0.00000288. The second-order valence-corrected chi connectivity index (χ2v) is 14.1. The smallest absolute Gasteiger partial charge is 0.744 e. The zero-order valence-corrected chi connectivity index (χ0v) is 33.1. The van der Waals surface area contributed by atoms with Gasteiger partial charge in [-0.2, -0.15) is 0 Å². The molecule has 5 rings (SSSR count). The molecule has 236 valence electrons. The summed E-state index contributed by atoms with van der Waals surface area (Å²) < 4.78 is 76.3. The number of aromatic amines is 2. The molecule has 0 spiro atoms. The molecular weight excluding hydrogens is 646 g/mol. The van der Waals surface area contributed by atoms with Crippen LogP contribution in [0.25, 0.3) is 23.5 Å². The zero-order valence-electron chi connectivity index (χ0n) is 27.4. The van der Waals surface area contributed by atoms with Crippen molar-refractivity contribution >= 4 is 43.8 Å². The molecule has 5 heterocycles. The largest absolute Gasteiger partial charge is 1.00 e. The molecule has 2 unspecified atom stereocenters. The number of hydrogen-bond acceptors (Lipinski definition) is 8. The molecule has 8 bridgehead atoms. The Kier molecular flexibility index (Phi) is 13.5. The fourth-order valence-corrected chi connectivity index (χ4v) is 8.30. The van der Waals surface area contributed by atoms with E-state index in [4.69, 9.17) is 9.98 Å². The second kappa shape index (κ2) is 15.9. The van der Waals surface area contributed by atoms with Gasteiger partial charge in [-0.1, -0.05) is 59.5 Å². The molecule has 2 aromatic rings. The van der Waals surface area contributed by atoms with Crippen molar-refractivity contribution in [3.05, 3.63) is 62.9 Å². The van der Waals surface area contributed by atoms with Gasteiger partial charge in [0.05, 0.1) is 38.7 Å². The first-order valence-corrected chi connectivity index (χ1v) is 18.1. The van der Waals surface area contributed by atoms with E-state index in [1.807, 2.05) is 39.8 Å². The second-order valence-electron chi connectivity index (χ2n) is 11.4. The molecule has 10 nitrogen and oxygen atoms in total. The Bertz CT molecular complexity index is 1880. The number of aryl methyl sites for hydroxylation is 1. The Morgan fingerprint density at radius 2 is 1.37 bits per heavy atom. The topological polar surface area (TPSA) is 171 Å². The van der Waals surface area contributed by atoms with Crippen LogP contribution in [0.5, 0.6) is 0 Å². The first kappa shape index (κ1) is 39.1. The van der Waals surface area contributed by atoms with E-state index in [1.165, 1.54) is 0 Å². The van der Waals surface area contributed by atoms with Crippen LogP contribution < -0.4 is 59.1 Å². The number of H-pyrrole nitrogens is 2. The maximum Gasteiger partial charge on any atom is 1.00 e.